The highest BCUT2D eigenvalue weighted by atomic mass is 79.9. The molecule has 0 aliphatic rings. The average Bonchev–Trinajstić information content (AvgIpc) is 2.63. The Balaban J connectivity index is 2.27. The maximum atomic E-state index is 5.72. The minimum atomic E-state index is 0.228. The van der Waals surface area contributed by atoms with E-state index in [1.807, 2.05) is 39.2 Å². The van der Waals surface area contributed by atoms with Crippen LogP contribution in [0.15, 0.2) is 27.2 Å². The lowest BCUT2D eigenvalue weighted by atomic mass is 9.98. The van der Waals surface area contributed by atoms with Crippen LogP contribution >= 0.6 is 15.9 Å². The molecule has 1 N–H and O–H groups in total. The van der Waals surface area contributed by atoms with Crippen LogP contribution < -0.4 is 5.32 Å². The first-order valence-corrected chi connectivity index (χ1v) is 7.16. The summed E-state index contributed by atoms with van der Waals surface area (Å²) in [5, 5.41) is 3.36. The molecule has 0 fully saturated rings. The molecule has 1 unspecified atom stereocenters. The minimum absolute atomic E-state index is 0.228. The third-order valence-electron chi connectivity index (χ3n) is 3.52. The van der Waals surface area contributed by atoms with E-state index in [0.717, 1.165) is 28.1 Å². The lowest BCUT2D eigenvalue weighted by molar-refractivity contribution is 0.489. The number of pyridine rings is 1. The SMILES string of the molecule is CNC(Cc1ccc(Br)cn1)c1c(C)oc(C)c1C. The quantitative estimate of drug-likeness (QED) is 0.928. The molecule has 0 aliphatic heterocycles. The molecular weight excluding hydrogens is 304 g/mol. The van der Waals surface area contributed by atoms with Crippen LogP contribution in [-0.2, 0) is 6.42 Å². The van der Waals surface area contributed by atoms with Crippen LogP contribution in [0.3, 0.4) is 0 Å². The molecule has 0 aliphatic carbocycles. The van der Waals surface area contributed by atoms with E-state index in [1.165, 1.54) is 11.1 Å². The van der Waals surface area contributed by atoms with Gasteiger partial charge in [0, 0.05) is 34.4 Å². The fourth-order valence-corrected chi connectivity index (χ4v) is 2.64. The van der Waals surface area contributed by atoms with Gasteiger partial charge in [-0.05, 0) is 61.4 Å². The summed E-state index contributed by atoms with van der Waals surface area (Å²) in [6, 6.07) is 4.30. The number of aryl methyl sites for hydroxylation is 2. The third kappa shape index (κ3) is 3.07. The van der Waals surface area contributed by atoms with Gasteiger partial charge in [0.2, 0.25) is 0 Å². The molecule has 102 valence electrons. The smallest absolute Gasteiger partial charge is 0.106 e. The van der Waals surface area contributed by atoms with E-state index in [-0.39, 0.29) is 6.04 Å². The second-order valence-electron chi connectivity index (χ2n) is 4.77. The summed E-state index contributed by atoms with van der Waals surface area (Å²) < 4.78 is 6.72. The maximum Gasteiger partial charge on any atom is 0.106 e. The Labute approximate surface area is 122 Å². The summed E-state index contributed by atoms with van der Waals surface area (Å²) in [5.41, 5.74) is 3.55. The number of hydrogen-bond acceptors (Lipinski definition) is 3. The average molecular weight is 323 g/mol. The third-order valence-corrected chi connectivity index (χ3v) is 3.99. The van der Waals surface area contributed by atoms with Crippen molar-refractivity contribution in [1.29, 1.82) is 0 Å². The first-order valence-electron chi connectivity index (χ1n) is 6.37. The number of hydrogen-bond donors (Lipinski definition) is 1. The van der Waals surface area contributed by atoms with E-state index in [1.54, 1.807) is 0 Å². The van der Waals surface area contributed by atoms with Crippen molar-refractivity contribution in [2.75, 3.05) is 7.05 Å². The molecular formula is C15H19BrN2O. The number of rotatable bonds is 4. The molecule has 2 aromatic rings. The highest BCUT2D eigenvalue weighted by Gasteiger charge is 2.20. The molecule has 2 heterocycles. The van der Waals surface area contributed by atoms with Crippen LogP contribution in [0.5, 0.6) is 0 Å². The van der Waals surface area contributed by atoms with Crippen LogP contribution in [0, 0.1) is 20.8 Å². The number of halogens is 1. The van der Waals surface area contributed by atoms with Gasteiger partial charge in [-0.3, -0.25) is 4.98 Å². The van der Waals surface area contributed by atoms with Gasteiger partial charge in [-0.25, -0.2) is 0 Å². The molecule has 0 amide bonds. The van der Waals surface area contributed by atoms with E-state index < -0.39 is 0 Å². The van der Waals surface area contributed by atoms with Gasteiger partial charge >= 0.3 is 0 Å². The zero-order valence-corrected chi connectivity index (χ0v) is 13.3. The van der Waals surface area contributed by atoms with Crippen molar-refractivity contribution in [3.05, 3.63) is 51.1 Å². The molecule has 0 bridgehead atoms. The molecule has 0 saturated heterocycles. The zero-order valence-electron chi connectivity index (χ0n) is 11.7. The lowest BCUT2D eigenvalue weighted by Crippen LogP contribution is -2.20. The Kier molecular flexibility index (Phi) is 4.42. The van der Waals surface area contributed by atoms with E-state index in [0.29, 0.717) is 0 Å². The molecule has 2 aromatic heterocycles. The van der Waals surface area contributed by atoms with Crippen molar-refractivity contribution < 1.29 is 4.42 Å². The van der Waals surface area contributed by atoms with Crippen molar-refractivity contribution in [3.63, 3.8) is 0 Å². The molecule has 1 atom stereocenters. The number of nitrogens with one attached hydrogen (secondary N) is 1. The molecule has 19 heavy (non-hydrogen) atoms. The Morgan fingerprint density at radius 3 is 2.47 bits per heavy atom. The van der Waals surface area contributed by atoms with Crippen LogP contribution in [0.2, 0.25) is 0 Å². The summed E-state index contributed by atoms with van der Waals surface area (Å²) in [6.07, 6.45) is 2.69. The monoisotopic (exact) mass is 322 g/mol. The van der Waals surface area contributed by atoms with Gasteiger partial charge < -0.3 is 9.73 Å². The first kappa shape index (κ1) is 14.3. The van der Waals surface area contributed by atoms with Crippen LogP contribution in [0.4, 0.5) is 0 Å². The second-order valence-corrected chi connectivity index (χ2v) is 5.68. The van der Waals surface area contributed by atoms with E-state index in [4.69, 9.17) is 4.42 Å². The predicted molar refractivity (Wildman–Crippen MR) is 80.4 cm³/mol. The predicted octanol–water partition coefficient (Wildman–Crippen LogP) is 3.87. The number of aromatic nitrogens is 1. The molecule has 0 radical (unpaired) electrons. The van der Waals surface area contributed by atoms with Crippen molar-refractivity contribution in [2.24, 2.45) is 0 Å². The van der Waals surface area contributed by atoms with Gasteiger partial charge in [-0.1, -0.05) is 0 Å². The van der Waals surface area contributed by atoms with E-state index in [2.05, 4.69) is 33.2 Å². The fraction of sp³-hybridized carbons (Fsp3) is 0.400. The number of furan rings is 1. The Morgan fingerprint density at radius 1 is 1.26 bits per heavy atom. The highest BCUT2D eigenvalue weighted by molar-refractivity contribution is 9.10. The van der Waals surface area contributed by atoms with Crippen molar-refractivity contribution in [1.82, 2.24) is 10.3 Å². The molecule has 2 rings (SSSR count). The zero-order chi connectivity index (χ0) is 14.0. The Bertz CT molecular complexity index is 560. The van der Waals surface area contributed by atoms with Crippen molar-refractivity contribution >= 4 is 15.9 Å². The molecule has 0 saturated carbocycles. The highest BCUT2D eigenvalue weighted by Crippen LogP contribution is 2.28. The topological polar surface area (TPSA) is 38.1 Å². The molecule has 0 aromatic carbocycles. The van der Waals surface area contributed by atoms with Crippen LogP contribution in [0.1, 0.15) is 34.4 Å². The van der Waals surface area contributed by atoms with Gasteiger partial charge in [0.05, 0.1) is 0 Å². The largest absolute Gasteiger partial charge is 0.466 e. The fourth-order valence-electron chi connectivity index (χ4n) is 2.41. The summed E-state index contributed by atoms with van der Waals surface area (Å²) in [6.45, 7) is 6.14. The molecule has 3 nitrogen and oxygen atoms in total. The van der Waals surface area contributed by atoms with Crippen molar-refractivity contribution in [3.8, 4) is 0 Å². The van der Waals surface area contributed by atoms with Crippen LogP contribution in [-0.4, -0.2) is 12.0 Å². The summed E-state index contributed by atoms with van der Waals surface area (Å²) in [7, 11) is 1.98. The molecule has 4 heteroatoms. The van der Waals surface area contributed by atoms with E-state index >= 15 is 0 Å². The normalized spacial score (nSPS) is 12.7. The van der Waals surface area contributed by atoms with Gasteiger partial charge in [-0.2, -0.15) is 0 Å². The van der Waals surface area contributed by atoms with Crippen LogP contribution in [0.25, 0.3) is 0 Å². The molecule has 0 spiro atoms. The van der Waals surface area contributed by atoms with Gasteiger partial charge in [0.25, 0.3) is 0 Å². The van der Waals surface area contributed by atoms with Crippen molar-refractivity contribution in [2.45, 2.75) is 33.2 Å². The summed E-state index contributed by atoms with van der Waals surface area (Å²) in [4.78, 5) is 4.44. The minimum Gasteiger partial charge on any atom is -0.466 e. The number of nitrogens with zero attached hydrogens (tertiary/aromatic N) is 1. The summed E-state index contributed by atoms with van der Waals surface area (Å²) >= 11 is 3.41. The number of likely N-dealkylation sites (N-methyl/N-ethyl adjacent to an activating group) is 1. The second kappa shape index (κ2) is 5.88. The summed E-state index contributed by atoms with van der Waals surface area (Å²) in [5.74, 6) is 1.99. The van der Waals surface area contributed by atoms with E-state index in [9.17, 15) is 0 Å². The standard InChI is InChI=1S/C15H19BrN2O/c1-9-10(2)19-11(3)15(9)14(17-4)7-13-6-5-12(16)8-18-13/h5-6,8,14,17H,7H2,1-4H3. The van der Waals surface area contributed by atoms with Gasteiger partial charge in [0.1, 0.15) is 11.5 Å². The maximum absolute atomic E-state index is 5.72. The first-order chi connectivity index (χ1) is 9.02. The Hall–Kier alpha value is -1.13. The van der Waals surface area contributed by atoms with Gasteiger partial charge in [0.15, 0.2) is 0 Å². The lowest BCUT2D eigenvalue weighted by Gasteiger charge is -2.16. The van der Waals surface area contributed by atoms with Gasteiger partial charge in [-0.15, -0.1) is 0 Å². The Morgan fingerprint density at radius 2 is 2.00 bits per heavy atom.